The van der Waals surface area contributed by atoms with E-state index < -0.39 is 18.2 Å². The molecule has 2 aromatic carbocycles. The maximum atomic E-state index is 13.9. The molecule has 0 saturated carbocycles. The first-order valence-electron chi connectivity index (χ1n) is 5.83. The molecule has 0 amide bonds. The number of nitrogens with two attached hydrogens (primary N) is 1. The average molecular weight is 401 g/mol. The second-order valence-electron chi connectivity index (χ2n) is 4.24. The summed E-state index contributed by atoms with van der Waals surface area (Å²) in [5, 5.41) is 0. The number of benzene rings is 2. The highest BCUT2D eigenvalue weighted by Crippen LogP contribution is 2.29. The highest BCUT2D eigenvalue weighted by Gasteiger charge is 2.31. The van der Waals surface area contributed by atoms with E-state index >= 15 is 0 Å². The van der Waals surface area contributed by atoms with Crippen LogP contribution in [0.1, 0.15) is 17.2 Å². The van der Waals surface area contributed by atoms with Crippen molar-refractivity contribution < 1.29 is 22.3 Å². The van der Waals surface area contributed by atoms with Crippen LogP contribution < -0.4 is 10.5 Å². The number of alkyl halides is 3. The van der Waals surface area contributed by atoms with E-state index in [1.54, 1.807) is 6.07 Å². The van der Waals surface area contributed by atoms with Crippen LogP contribution in [0.4, 0.5) is 17.6 Å². The molecule has 0 fully saturated rings. The predicted octanol–water partition coefficient (Wildman–Crippen LogP) is 4.96. The van der Waals surface area contributed by atoms with E-state index in [0.29, 0.717) is 5.56 Å². The van der Waals surface area contributed by atoms with E-state index in [0.717, 1.165) is 12.1 Å². The highest BCUT2D eigenvalue weighted by molar-refractivity contribution is 9.10. The fourth-order valence-electron chi connectivity index (χ4n) is 1.82. The van der Waals surface area contributed by atoms with E-state index in [4.69, 9.17) is 5.73 Å². The van der Waals surface area contributed by atoms with Gasteiger partial charge in [-0.15, -0.1) is 25.6 Å². The Hall–Kier alpha value is -1.31. The number of halogens is 6. The molecule has 0 heterocycles. The zero-order valence-corrected chi connectivity index (χ0v) is 13.3. The van der Waals surface area contributed by atoms with E-state index in [2.05, 4.69) is 20.7 Å². The second-order valence-corrected chi connectivity index (χ2v) is 5.09. The summed E-state index contributed by atoms with van der Waals surface area (Å²) in [5.41, 5.74) is 6.66. The SMILES string of the molecule is Cl.N[C@H](c1ccc(OC(F)(F)F)cc1)c1cccc(Br)c1F. The quantitative estimate of drug-likeness (QED) is 0.740. The molecule has 0 unspecified atom stereocenters. The van der Waals surface area contributed by atoms with Crippen LogP contribution in [-0.2, 0) is 0 Å². The maximum Gasteiger partial charge on any atom is 0.573 e. The summed E-state index contributed by atoms with van der Waals surface area (Å²) in [6.45, 7) is 0. The molecule has 0 radical (unpaired) electrons. The van der Waals surface area contributed by atoms with Crippen molar-refractivity contribution in [1.82, 2.24) is 0 Å². The minimum Gasteiger partial charge on any atom is -0.406 e. The third kappa shape index (κ3) is 4.59. The second kappa shape index (κ2) is 7.30. The van der Waals surface area contributed by atoms with Crippen molar-refractivity contribution in [1.29, 1.82) is 0 Å². The van der Waals surface area contributed by atoms with Crippen molar-refractivity contribution in [3.05, 3.63) is 63.9 Å². The summed E-state index contributed by atoms with van der Waals surface area (Å²) in [4.78, 5) is 0. The Balaban J connectivity index is 0.00000242. The Kier molecular flexibility index (Phi) is 6.22. The zero-order chi connectivity index (χ0) is 15.6. The van der Waals surface area contributed by atoms with Crippen molar-refractivity contribution >= 4 is 28.3 Å². The van der Waals surface area contributed by atoms with Crippen LogP contribution >= 0.6 is 28.3 Å². The largest absolute Gasteiger partial charge is 0.573 e. The Labute approximate surface area is 138 Å². The summed E-state index contributed by atoms with van der Waals surface area (Å²) in [7, 11) is 0. The van der Waals surface area contributed by atoms with Gasteiger partial charge in [0.1, 0.15) is 11.6 Å². The van der Waals surface area contributed by atoms with Crippen LogP contribution in [0.5, 0.6) is 5.75 Å². The first-order chi connectivity index (χ1) is 9.78. The van der Waals surface area contributed by atoms with Crippen molar-refractivity contribution in [2.75, 3.05) is 0 Å². The zero-order valence-electron chi connectivity index (χ0n) is 10.9. The first kappa shape index (κ1) is 18.7. The Morgan fingerprint density at radius 3 is 2.18 bits per heavy atom. The van der Waals surface area contributed by atoms with Gasteiger partial charge in [-0.3, -0.25) is 0 Å². The lowest BCUT2D eigenvalue weighted by atomic mass is 9.99. The number of rotatable bonds is 3. The molecule has 0 spiro atoms. The third-order valence-corrected chi connectivity index (χ3v) is 3.40. The minimum atomic E-state index is -4.75. The molecule has 2 rings (SSSR count). The van der Waals surface area contributed by atoms with Gasteiger partial charge in [-0.2, -0.15) is 0 Å². The molecule has 0 saturated heterocycles. The van der Waals surface area contributed by atoms with Crippen molar-refractivity contribution in [2.45, 2.75) is 12.4 Å². The maximum absolute atomic E-state index is 13.9. The normalized spacial score (nSPS) is 12.5. The summed E-state index contributed by atoms with van der Waals surface area (Å²) in [5.74, 6) is -0.853. The molecular weight excluding hydrogens is 390 g/mol. The van der Waals surface area contributed by atoms with Crippen LogP contribution in [0, 0.1) is 5.82 Å². The Bertz CT molecular complexity index is 634. The van der Waals surface area contributed by atoms with Gasteiger partial charge in [0.05, 0.1) is 10.5 Å². The molecule has 0 aliphatic carbocycles. The van der Waals surface area contributed by atoms with Crippen molar-refractivity contribution in [3.63, 3.8) is 0 Å². The van der Waals surface area contributed by atoms with Crippen LogP contribution in [-0.4, -0.2) is 6.36 Å². The monoisotopic (exact) mass is 399 g/mol. The fourth-order valence-corrected chi connectivity index (χ4v) is 2.20. The highest BCUT2D eigenvalue weighted by atomic mass is 79.9. The van der Waals surface area contributed by atoms with Crippen LogP contribution in [0.3, 0.4) is 0 Å². The number of ether oxygens (including phenoxy) is 1. The molecule has 0 aromatic heterocycles. The minimum absolute atomic E-state index is 0. The smallest absolute Gasteiger partial charge is 0.406 e. The first-order valence-corrected chi connectivity index (χ1v) is 6.62. The van der Waals surface area contributed by atoms with Gasteiger partial charge in [0.25, 0.3) is 0 Å². The lowest BCUT2D eigenvalue weighted by Crippen LogP contribution is -2.17. The van der Waals surface area contributed by atoms with Crippen LogP contribution in [0.25, 0.3) is 0 Å². The molecule has 22 heavy (non-hydrogen) atoms. The molecular formula is C14H11BrClF4NO. The average Bonchev–Trinajstić information content (AvgIpc) is 2.40. The molecule has 2 nitrogen and oxygen atoms in total. The lowest BCUT2D eigenvalue weighted by Gasteiger charge is -2.15. The Morgan fingerprint density at radius 1 is 1.05 bits per heavy atom. The van der Waals surface area contributed by atoms with Gasteiger partial charge in [-0.1, -0.05) is 24.3 Å². The molecule has 2 aromatic rings. The molecule has 0 aliphatic rings. The molecule has 1 atom stereocenters. The summed E-state index contributed by atoms with van der Waals surface area (Å²) < 4.78 is 54.2. The van der Waals surface area contributed by atoms with Gasteiger partial charge in [0.2, 0.25) is 0 Å². The van der Waals surface area contributed by atoms with Crippen molar-refractivity contribution in [3.8, 4) is 5.75 Å². The van der Waals surface area contributed by atoms with Gasteiger partial charge in [0.15, 0.2) is 0 Å². The van der Waals surface area contributed by atoms with E-state index in [9.17, 15) is 17.6 Å². The Morgan fingerprint density at radius 2 is 1.64 bits per heavy atom. The van der Waals surface area contributed by atoms with Crippen LogP contribution in [0.15, 0.2) is 46.9 Å². The summed E-state index contributed by atoms with van der Waals surface area (Å²) in [6, 6.07) is 8.90. The lowest BCUT2D eigenvalue weighted by molar-refractivity contribution is -0.274. The molecule has 0 bridgehead atoms. The molecule has 0 aliphatic heterocycles. The van der Waals surface area contributed by atoms with Gasteiger partial charge in [-0.05, 0) is 39.7 Å². The van der Waals surface area contributed by atoms with E-state index in [1.165, 1.54) is 24.3 Å². The fraction of sp³-hybridized carbons (Fsp3) is 0.143. The van der Waals surface area contributed by atoms with Gasteiger partial charge < -0.3 is 10.5 Å². The predicted molar refractivity (Wildman–Crippen MR) is 80.5 cm³/mol. The van der Waals surface area contributed by atoms with Gasteiger partial charge in [0, 0.05) is 5.56 Å². The van der Waals surface area contributed by atoms with Gasteiger partial charge in [-0.25, -0.2) is 4.39 Å². The van der Waals surface area contributed by atoms with Gasteiger partial charge >= 0.3 is 6.36 Å². The standard InChI is InChI=1S/C14H10BrF4NO.ClH/c15-11-3-1-2-10(12(11)16)13(20)8-4-6-9(7-5-8)21-14(17,18)19;/h1-7,13H,20H2;1H/t13-;/m1./s1. The van der Waals surface area contributed by atoms with E-state index in [-0.39, 0.29) is 28.2 Å². The summed E-state index contributed by atoms with van der Waals surface area (Å²) in [6.07, 6.45) is -4.75. The van der Waals surface area contributed by atoms with Crippen LogP contribution in [0.2, 0.25) is 0 Å². The third-order valence-electron chi connectivity index (χ3n) is 2.79. The topological polar surface area (TPSA) is 35.2 Å². The number of hydrogen-bond acceptors (Lipinski definition) is 2. The molecule has 8 heteroatoms. The molecule has 2 N–H and O–H groups in total. The molecule has 120 valence electrons. The van der Waals surface area contributed by atoms with E-state index in [1.807, 2.05) is 0 Å². The number of hydrogen-bond donors (Lipinski definition) is 1. The summed E-state index contributed by atoms with van der Waals surface area (Å²) >= 11 is 3.06. The van der Waals surface area contributed by atoms with Crippen molar-refractivity contribution in [2.24, 2.45) is 5.73 Å².